The smallest absolute Gasteiger partial charge is 0.258 e. The van der Waals surface area contributed by atoms with Gasteiger partial charge in [0.25, 0.3) is 5.56 Å². The molecule has 2 amide bonds. The third-order valence-corrected chi connectivity index (χ3v) is 5.06. The highest BCUT2D eigenvalue weighted by Gasteiger charge is 2.34. The molecular formula is C22H20ClN5O4. The molecule has 1 aliphatic heterocycles. The first-order valence-electron chi connectivity index (χ1n) is 9.93. The van der Waals surface area contributed by atoms with Crippen molar-refractivity contribution < 1.29 is 14.3 Å². The maximum Gasteiger partial charge on any atom is 0.258 e. The number of rotatable bonds is 6. The minimum atomic E-state index is -0.980. The number of hydrogen-bond donors (Lipinski definition) is 4. The van der Waals surface area contributed by atoms with E-state index in [-0.39, 0.29) is 23.8 Å². The van der Waals surface area contributed by atoms with Crippen LogP contribution in [0.4, 0.5) is 23.1 Å². The maximum absolute atomic E-state index is 12.9. The lowest BCUT2D eigenvalue weighted by molar-refractivity contribution is -0.123. The highest BCUT2D eigenvalue weighted by molar-refractivity contribution is 6.30. The van der Waals surface area contributed by atoms with E-state index in [9.17, 15) is 14.4 Å². The molecule has 4 N–H and O–H groups in total. The van der Waals surface area contributed by atoms with E-state index in [0.717, 1.165) is 0 Å². The van der Waals surface area contributed by atoms with E-state index in [4.69, 9.17) is 16.3 Å². The number of carbonyl (C=O) groups is 2. The van der Waals surface area contributed by atoms with Gasteiger partial charge in [-0.25, -0.2) is 0 Å². The van der Waals surface area contributed by atoms with E-state index < -0.39 is 23.3 Å². The monoisotopic (exact) mass is 453 g/mol. The molecule has 0 saturated carbocycles. The molecule has 32 heavy (non-hydrogen) atoms. The van der Waals surface area contributed by atoms with Crippen LogP contribution in [-0.2, 0) is 9.59 Å². The van der Waals surface area contributed by atoms with E-state index in [1.807, 2.05) is 6.92 Å². The summed E-state index contributed by atoms with van der Waals surface area (Å²) in [5.74, 6) is -1.01. The number of halogens is 1. The third-order valence-electron chi connectivity index (χ3n) is 4.81. The van der Waals surface area contributed by atoms with Crippen molar-refractivity contribution in [3.8, 4) is 5.75 Å². The highest BCUT2D eigenvalue weighted by Crippen LogP contribution is 2.30. The Bertz CT molecular complexity index is 1210. The van der Waals surface area contributed by atoms with Crippen LogP contribution in [0.25, 0.3) is 0 Å². The van der Waals surface area contributed by atoms with Crippen LogP contribution in [0.5, 0.6) is 5.75 Å². The summed E-state index contributed by atoms with van der Waals surface area (Å²) in [7, 11) is 0. The Labute approximate surface area is 188 Å². The van der Waals surface area contributed by atoms with Crippen LogP contribution in [0.1, 0.15) is 24.8 Å². The summed E-state index contributed by atoms with van der Waals surface area (Å²) in [4.78, 5) is 44.9. The Hall–Kier alpha value is -3.85. The number of hydrogen-bond acceptors (Lipinski definition) is 6. The van der Waals surface area contributed by atoms with Gasteiger partial charge in [-0.05, 0) is 55.5 Å². The Balaban J connectivity index is 1.57. The van der Waals surface area contributed by atoms with Gasteiger partial charge < -0.3 is 20.7 Å². The largest absolute Gasteiger partial charge is 0.494 e. The summed E-state index contributed by atoms with van der Waals surface area (Å²) >= 11 is 5.88. The summed E-state index contributed by atoms with van der Waals surface area (Å²) in [5, 5.41) is 8.84. The Morgan fingerprint density at radius 2 is 1.81 bits per heavy atom. The van der Waals surface area contributed by atoms with Gasteiger partial charge >= 0.3 is 0 Å². The van der Waals surface area contributed by atoms with Crippen molar-refractivity contribution in [1.29, 1.82) is 0 Å². The first-order chi connectivity index (χ1) is 15.4. The zero-order chi connectivity index (χ0) is 22.7. The Kier molecular flexibility index (Phi) is 6.09. The fourth-order valence-electron chi connectivity index (χ4n) is 3.35. The van der Waals surface area contributed by atoms with Gasteiger partial charge in [0, 0.05) is 22.8 Å². The van der Waals surface area contributed by atoms with E-state index >= 15 is 0 Å². The number of fused-ring (bicyclic) bond motifs is 1. The number of aromatic amines is 1. The maximum atomic E-state index is 12.9. The molecule has 0 bridgehead atoms. The molecule has 2 heterocycles. The van der Waals surface area contributed by atoms with Gasteiger partial charge in [0.1, 0.15) is 11.6 Å². The van der Waals surface area contributed by atoms with Crippen molar-refractivity contribution in [2.24, 2.45) is 0 Å². The second-order valence-corrected chi connectivity index (χ2v) is 7.50. The van der Waals surface area contributed by atoms with Crippen molar-refractivity contribution in [2.45, 2.75) is 19.3 Å². The average Bonchev–Trinajstić information content (AvgIpc) is 2.76. The number of amides is 2. The molecular weight excluding hydrogens is 434 g/mol. The number of anilines is 4. The molecule has 0 spiro atoms. The van der Waals surface area contributed by atoms with Gasteiger partial charge in [-0.3, -0.25) is 19.4 Å². The highest BCUT2D eigenvalue weighted by atomic mass is 35.5. The molecule has 0 aliphatic carbocycles. The molecule has 0 radical (unpaired) electrons. The van der Waals surface area contributed by atoms with E-state index in [2.05, 4.69) is 25.9 Å². The molecule has 2 aromatic carbocycles. The summed E-state index contributed by atoms with van der Waals surface area (Å²) < 4.78 is 5.39. The predicted molar refractivity (Wildman–Crippen MR) is 122 cm³/mol. The number of carbonyl (C=O) groups excluding carboxylic acids is 2. The van der Waals surface area contributed by atoms with E-state index in [1.54, 1.807) is 48.5 Å². The predicted octanol–water partition coefficient (Wildman–Crippen LogP) is 3.63. The van der Waals surface area contributed by atoms with Crippen molar-refractivity contribution in [2.75, 3.05) is 22.6 Å². The van der Waals surface area contributed by atoms with Crippen LogP contribution in [-0.4, -0.2) is 28.4 Å². The minimum absolute atomic E-state index is 0.0494. The molecule has 0 saturated heterocycles. The molecule has 1 aliphatic rings. The zero-order valence-corrected chi connectivity index (χ0v) is 17.8. The van der Waals surface area contributed by atoms with Crippen molar-refractivity contribution in [3.63, 3.8) is 0 Å². The van der Waals surface area contributed by atoms with Crippen LogP contribution in [0.3, 0.4) is 0 Å². The fraction of sp³-hybridized carbons (Fsp3) is 0.182. The van der Waals surface area contributed by atoms with Gasteiger partial charge in [-0.1, -0.05) is 11.6 Å². The number of benzene rings is 2. The minimum Gasteiger partial charge on any atom is -0.494 e. The van der Waals surface area contributed by atoms with Gasteiger partial charge in [0.05, 0.1) is 18.1 Å². The van der Waals surface area contributed by atoms with Crippen LogP contribution in [0.15, 0.2) is 53.3 Å². The van der Waals surface area contributed by atoms with Crippen LogP contribution < -0.4 is 26.2 Å². The zero-order valence-electron chi connectivity index (χ0n) is 17.1. The Morgan fingerprint density at radius 1 is 1.12 bits per heavy atom. The van der Waals surface area contributed by atoms with Crippen molar-refractivity contribution in [3.05, 3.63) is 69.5 Å². The van der Waals surface area contributed by atoms with Gasteiger partial charge in [-0.2, -0.15) is 4.98 Å². The molecule has 9 nitrogen and oxygen atoms in total. The Morgan fingerprint density at radius 3 is 2.50 bits per heavy atom. The van der Waals surface area contributed by atoms with Crippen LogP contribution in [0.2, 0.25) is 5.02 Å². The second-order valence-electron chi connectivity index (χ2n) is 7.06. The first kappa shape index (κ1) is 21.4. The van der Waals surface area contributed by atoms with Gasteiger partial charge in [0.2, 0.25) is 17.8 Å². The summed E-state index contributed by atoms with van der Waals surface area (Å²) in [6.07, 6.45) is -0.162. The lowest BCUT2D eigenvalue weighted by Crippen LogP contribution is -2.36. The fourth-order valence-corrected chi connectivity index (χ4v) is 3.48. The molecule has 10 heteroatoms. The number of aromatic nitrogens is 2. The van der Waals surface area contributed by atoms with Crippen LogP contribution in [0, 0.1) is 0 Å². The third kappa shape index (κ3) is 4.73. The summed E-state index contributed by atoms with van der Waals surface area (Å²) in [6.45, 7) is 2.41. The molecule has 164 valence electrons. The molecule has 1 atom stereocenters. The molecule has 0 unspecified atom stereocenters. The van der Waals surface area contributed by atoms with E-state index in [0.29, 0.717) is 28.8 Å². The second kappa shape index (κ2) is 9.11. The number of H-pyrrole nitrogens is 1. The molecule has 3 aromatic rings. The lowest BCUT2D eigenvalue weighted by Gasteiger charge is -2.23. The molecule has 1 aromatic heterocycles. The van der Waals surface area contributed by atoms with Gasteiger partial charge in [-0.15, -0.1) is 0 Å². The lowest BCUT2D eigenvalue weighted by atomic mass is 9.92. The summed E-state index contributed by atoms with van der Waals surface area (Å²) in [6, 6.07) is 13.6. The quantitative estimate of drug-likeness (QED) is 0.451. The normalized spacial score (nSPS) is 14.8. The SMILES string of the molecule is CCOc1ccc(NC(=O)[C@H]2CC(=O)Nc3nc(Nc4ccc(Cl)cc4)[nH]c(=O)c32)cc1. The van der Waals surface area contributed by atoms with Crippen LogP contribution >= 0.6 is 11.6 Å². The standard InChI is InChI=1S/C22H20ClN5O4/c1-2-32-15-9-7-13(8-10-15)24-20(30)16-11-17(29)26-19-18(16)21(31)28-22(27-19)25-14-5-3-12(23)4-6-14/h3-10,16H,2,11H2,1H3,(H,24,30)(H3,25,26,27,28,29,31)/t16-/m0/s1. The molecule has 0 fully saturated rings. The molecule has 4 rings (SSSR count). The van der Waals surface area contributed by atoms with E-state index in [1.165, 1.54) is 0 Å². The summed E-state index contributed by atoms with van der Waals surface area (Å²) in [5.41, 5.74) is 0.758. The number of ether oxygens (including phenoxy) is 1. The number of nitrogens with one attached hydrogen (secondary N) is 4. The van der Waals surface area contributed by atoms with Crippen molar-refractivity contribution in [1.82, 2.24) is 9.97 Å². The van der Waals surface area contributed by atoms with Crippen molar-refractivity contribution >= 4 is 46.6 Å². The first-order valence-corrected chi connectivity index (χ1v) is 10.3. The van der Waals surface area contributed by atoms with Gasteiger partial charge in [0.15, 0.2) is 0 Å². The average molecular weight is 454 g/mol. The topological polar surface area (TPSA) is 125 Å². The number of nitrogens with zero attached hydrogens (tertiary/aromatic N) is 1.